The van der Waals surface area contributed by atoms with Crippen LogP contribution in [-0.2, 0) is 12.8 Å². The molecule has 50 heavy (non-hydrogen) atoms. The van der Waals surface area contributed by atoms with Crippen LogP contribution in [0.1, 0.15) is 80.3 Å². The van der Waals surface area contributed by atoms with Gasteiger partial charge < -0.3 is 38.0 Å². The molecule has 3 aromatic carbocycles. The lowest BCUT2D eigenvalue weighted by Crippen LogP contribution is -2.46. The summed E-state index contributed by atoms with van der Waals surface area (Å²) in [6.07, 6.45) is 3.59. The van der Waals surface area contributed by atoms with Crippen molar-refractivity contribution in [3.8, 4) is 28.7 Å². The van der Waals surface area contributed by atoms with Crippen molar-refractivity contribution in [3.63, 3.8) is 0 Å². The number of benzene rings is 3. The number of phenolic OH excluding ortho intramolecular Hbond substituents is 1. The highest BCUT2D eigenvalue weighted by molar-refractivity contribution is 6.01. The summed E-state index contributed by atoms with van der Waals surface area (Å²) in [7, 11) is 3.19. The molecule has 0 fully saturated rings. The molecule has 2 aromatic heterocycles. The monoisotopic (exact) mass is 682 g/mol. The highest BCUT2D eigenvalue weighted by Crippen LogP contribution is 2.42. The predicted molar refractivity (Wildman–Crippen MR) is 190 cm³/mol. The van der Waals surface area contributed by atoms with Crippen molar-refractivity contribution in [2.75, 3.05) is 14.2 Å². The second kappa shape index (κ2) is 12.9. The van der Waals surface area contributed by atoms with E-state index in [-0.39, 0.29) is 35.1 Å². The molecule has 5 aromatic rings. The first-order valence-corrected chi connectivity index (χ1v) is 16.5. The molecule has 0 spiro atoms. The van der Waals surface area contributed by atoms with Gasteiger partial charge in [0.15, 0.2) is 11.5 Å². The van der Waals surface area contributed by atoms with Crippen molar-refractivity contribution in [1.29, 1.82) is 0 Å². The lowest BCUT2D eigenvalue weighted by molar-refractivity contribution is -0.0412. The first-order valence-electron chi connectivity index (χ1n) is 16.5. The van der Waals surface area contributed by atoms with E-state index in [1.807, 2.05) is 58.0 Å². The van der Waals surface area contributed by atoms with Crippen molar-refractivity contribution in [2.45, 2.75) is 77.6 Å². The van der Waals surface area contributed by atoms with Crippen LogP contribution in [0, 0.1) is 0 Å². The van der Waals surface area contributed by atoms with Crippen LogP contribution in [0.15, 0.2) is 68.2 Å². The molecule has 1 unspecified atom stereocenters. The van der Waals surface area contributed by atoms with E-state index >= 15 is 0 Å². The van der Waals surface area contributed by atoms with E-state index in [1.165, 1.54) is 12.1 Å². The van der Waals surface area contributed by atoms with Gasteiger partial charge in [0.1, 0.15) is 51.1 Å². The van der Waals surface area contributed by atoms with Gasteiger partial charge in [0.25, 0.3) is 0 Å². The van der Waals surface area contributed by atoms with E-state index in [9.17, 15) is 19.8 Å². The molecule has 1 atom stereocenters. The van der Waals surface area contributed by atoms with E-state index in [1.54, 1.807) is 46.3 Å². The molecule has 2 aliphatic rings. The Bertz CT molecular complexity index is 2200. The fourth-order valence-electron chi connectivity index (χ4n) is 6.27. The molecule has 0 saturated heterocycles. The fraction of sp³-hybridized carbons (Fsp3) is 0.350. The van der Waals surface area contributed by atoms with Gasteiger partial charge in [0, 0.05) is 47.9 Å². The van der Waals surface area contributed by atoms with E-state index < -0.39 is 17.3 Å². The summed E-state index contributed by atoms with van der Waals surface area (Å²) in [5.41, 5.74) is 2.04. The third kappa shape index (κ3) is 6.55. The number of carbonyl (C=O) groups excluding carboxylic acids is 1. The molecule has 7 rings (SSSR count). The molecule has 0 bridgehead atoms. The minimum atomic E-state index is -0.758. The topological polar surface area (TPSA) is 138 Å². The second-order valence-electron chi connectivity index (χ2n) is 14.0. The summed E-state index contributed by atoms with van der Waals surface area (Å²) >= 11 is 0. The molecule has 0 aliphatic carbocycles. The number of ketones is 1. The van der Waals surface area contributed by atoms with Crippen LogP contribution in [-0.4, -0.2) is 47.5 Å². The minimum Gasteiger partial charge on any atom is -0.507 e. The van der Waals surface area contributed by atoms with Crippen molar-refractivity contribution >= 4 is 33.8 Å². The Hall–Kier alpha value is -5.22. The van der Waals surface area contributed by atoms with Gasteiger partial charge in [-0.25, -0.2) is 4.79 Å². The van der Waals surface area contributed by atoms with E-state index in [2.05, 4.69) is 0 Å². The Labute approximate surface area is 289 Å². The van der Waals surface area contributed by atoms with Crippen LogP contribution >= 0.6 is 0 Å². The Balaban J connectivity index is 0.000000194. The van der Waals surface area contributed by atoms with Gasteiger partial charge >= 0.3 is 5.63 Å². The molecule has 0 radical (unpaired) electrons. The molecule has 10 nitrogen and oxygen atoms in total. The van der Waals surface area contributed by atoms with Crippen molar-refractivity contribution in [3.05, 3.63) is 93.0 Å². The van der Waals surface area contributed by atoms with Crippen LogP contribution in [0.25, 0.3) is 28.0 Å². The number of hydrogen-bond acceptors (Lipinski definition) is 10. The number of fused-ring (bicyclic) bond motifs is 4. The average molecular weight is 683 g/mol. The SMILES string of the molecule is COc1c(C(C)C)oc2cc3oc(=O)ccc3cc12.COc1c(CC(=O)c2cc3c(cc2O)OC(C)(C)C(O)C3)ccc2c1C=CC(C)(C)O2. The van der Waals surface area contributed by atoms with Crippen LogP contribution in [0.2, 0.25) is 0 Å². The summed E-state index contributed by atoms with van der Waals surface area (Å²) in [5.74, 6) is 3.14. The van der Waals surface area contributed by atoms with Crippen molar-refractivity contribution in [1.82, 2.24) is 0 Å². The number of aliphatic hydroxyl groups is 1. The van der Waals surface area contributed by atoms with E-state index in [4.69, 9.17) is 27.8 Å². The van der Waals surface area contributed by atoms with E-state index in [0.717, 1.165) is 27.8 Å². The average Bonchev–Trinajstić information content (AvgIpc) is 3.41. The smallest absolute Gasteiger partial charge is 0.336 e. The summed E-state index contributed by atoms with van der Waals surface area (Å²) in [6.45, 7) is 11.6. The lowest BCUT2D eigenvalue weighted by atomic mass is 9.89. The number of aromatic hydroxyl groups is 1. The number of furan rings is 1. The molecule has 0 amide bonds. The Morgan fingerprint density at radius 1 is 0.920 bits per heavy atom. The van der Waals surface area contributed by atoms with Gasteiger partial charge in [-0.1, -0.05) is 19.9 Å². The first-order chi connectivity index (χ1) is 23.6. The van der Waals surface area contributed by atoms with Crippen LogP contribution < -0.4 is 24.6 Å². The van der Waals surface area contributed by atoms with Gasteiger partial charge in [-0.15, -0.1) is 0 Å². The highest BCUT2D eigenvalue weighted by Gasteiger charge is 2.36. The first kappa shape index (κ1) is 34.6. The number of aliphatic hydroxyl groups excluding tert-OH is 1. The zero-order valence-electron chi connectivity index (χ0n) is 29.5. The molecule has 2 N–H and O–H groups in total. The molecular weight excluding hydrogens is 640 g/mol. The van der Waals surface area contributed by atoms with Crippen molar-refractivity contribution < 1.29 is 42.8 Å². The summed E-state index contributed by atoms with van der Waals surface area (Å²) < 4.78 is 33.8. The maximum absolute atomic E-state index is 13.1. The summed E-state index contributed by atoms with van der Waals surface area (Å²) in [5, 5.41) is 22.6. The number of hydrogen-bond donors (Lipinski definition) is 2. The molecule has 0 saturated carbocycles. The minimum absolute atomic E-state index is 0.0505. The Morgan fingerprint density at radius 2 is 1.66 bits per heavy atom. The Morgan fingerprint density at radius 3 is 2.36 bits per heavy atom. The third-order valence-electron chi connectivity index (χ3n) is 9.02. The predicted octanol–water partition coefficient (Wildman–Crippen LogP) is 7.76. The summed E-state index contributed by atoms with van der Waals surface area (Å²) in [6, 6.07) is 13.5. The van der Waals surface area contributed by atoms with Crippen LogP contribution in [0.4, 0.5) is 0 Å². The largest absolute Gasteiger partial charge is 0.507 e. The number of rotatable bonds is 6. The third-order valence-corrected chi connectivity index (χ3v) is 9.02. The summed E-state index contributed by atoms with van der Waals surface area (Å²) in [4.78, 5) is 24.3. The number of methoxy groups -OCH3 is 2. The van der Waals surface area contributed by atoms with Gasteiger partial charge in [-0.2, -0.15) is 0 Å². The Kier molecular flexibility index (Phi) is 8.94. The van der Waals surface area contributed by atoms with Gasteiger partial charge in [-0.3, -0.25) is 4.79 Å². The zero-order chi connectivity index (χ0) is 36.1. The van der Waals surface area contributed by atoms with Crippen molar-refractivity contribution in [2.24, 2.45) is 0 Å². The molecule has 4 heterocycles. The molecule has 262 valence electrons. The van der Waals surface area contributed by atoms with Gasteiger partial charge in [-0.05, 0) is 69.7 Å². The van der Waals surface area contributed by atoms with Gasteiger partial charge in [0.05, 0.1) is 36.8 Å². The maximum Gasteiger partial charge on any atom is 0.336 e. The number of carbonyl (C=O) groups is 1. The van der Waals surface area contributed by atoms with Crippen LogP contribution in [0.3, 0.4) is 0 Å². The number of phenols is 1. The van der Waals surface area contributed by atoms with Crippen LogP contribution in [0.5, 0.6) is 28.7 Å². The lowest BCUT2D eigenvalue weighted by Gasteiger charge is -2.37. The molecular formula is C40H42O10. The highest BCUT2D eigenvalue weighted by atomic mass is 16.5. The molecule has 2 aliphatic heterocycles. The standard InChI is InChI=1S/C25H28O6.C15H14O4/c1-24(2)9-8-16-20(30-24)7-6-14(23(16)29-5)11-18(26)17-10-15-12-22(28)25(3,4)31-21(15)13-19(17)27;1-8(2)14-15(17-3)10-6-9-4-5-13(16)18-11(9)7-12(10)19-14/h6-10,13,22,27-28H,11-12H2,1-5H3;4-8H,1-3H3. The molecule has 10 heteroatoms. The van der Waals surface area contributed by atoms with E-state index in [0.29, 0.717) is 46.0 Å². The fourth-order valence-corrected chi connectivity index (χ4v) is 6.27. The maximum atomic E-state index is 13.1. The number of ether oxygens (including phenoxy) is 4. The van der Waals surface area contributed by atoms with Gasteiger partial charge in [0.2, 0.25) is 0 Å². The quantitative estimate of drug-likeness (QED) is 0.135. The normalized spacial score (nSPS) is 16.9. The zero-order valence-corrected chi connectivity index (χ0v) is 29.5. The number of Topliss-reactive ketones (excluding diaryl/α,β-unsaturated/α-hetero) is 1. The second-order valence-corrected chi connectivity index (χ2v) is 14.0.